The second kappa shape index (κ2) is 9.24. The van der Waals surface area contributed by atoms with Crippen molar-refractivity contribution >= 4 is 11.8 Å². The van der Waals surface area contributed by atoms with Crippen LogP contribution in [0.1, 0.15) is 6.42 Å². The van der Waals surface area contributed by atoms with Gasteiger partial charge in [0.2, 0.25) is 0 Å². The first kappa shape index (κ1) is 14.3. The number of nitrogens with one attached hydrogen (secondary N) is 1. The molecule has 0 radical (unpaired) electrons. The number of aliphatic hydroxyl groups is 1. The maximum Gasteiger partial charge on any atom is 0.0897 e. The lowest BCUT2D eigenvalue weighted by Crippen LogP contribution is -2.33. The fourth-order valence-electron chi connectivity index (χ4n) is 1.62. The van der Waals surface area contributed by atoms with Crippen LogP contribution >= 0.6 is 11.8 Å². The van der Waals surface area contributed by atoms with E-state index < -0.39 is 6.10 Å². The van der Waals surface area contributed by atoms with Gasteiger partial charge < -0.3 is 19.9 Å². The van der Waals surface area contributed by atoms with Crippen molar-refractivity contribution in [3.05, 3.63) is 0 Å². The molecule has 2 unspecified atom stereocenters. The number of ether oxygens (including phenoxy) is 2. The molecule has 16 heavy (non-hydrogen) atoms. The number of hydrogen-bond acceptors (Lipinski definition) is 5. The average Bonchev–Trinajstić information content (AvgIpc) is 2.77. The molecule has 0 aliphatic carbocycles. The number of thioether (sulfide) groups is 1. The van der Waals surface area contributed by atoms with Gasteiger partial charge in [0, 0.05) is 13.7 Å². The van der Waals surface area contributed by atoms with Crippen LogP contribution in [0.25, 0.3) is 0 Å². The smallest absolute Gasteiger partial charge is 0.0897 e. The zero-order chi connectivity index (χ0) is 11.6. The zero-order valence-corrected chi connectivity index (χ0v) is 10.8. The summed E-state index contributed by atoms with van der Waals surface area (Å²) in [6, 6.07) is 0. The third-order valence-electron chi connectivity index (χ3n) is 2.58. The Morgan fingerprint density at radius 2 is 2.38 bits per heavy atom. The van der Waals surface area contributed by atoms with Crippen LogP contribution in [0.4, 0.5) is 0 Å². The Morgan fingerprint density at radius 3 is 3.06 bits per heavy atom. The van der Waals surface area contributed by atoms with E-state index in [1.807, 2.05) is 11.8 Å². The van der Waals surface area contributed by atoms with E-state index in [0.29, 0.717) is 26.4 Å². The lowest BCUT2D eigenvalue weighted by atomic mass is 10.1. The highest BCUT2D eigenvalue weighted by Crippen LogP contribution is 2.22. The fraction of sp³-hybridized carbons (Fsp3) is 1.00. The lowest BCUT2D eigenvalue weighted by Gasteiger charge is -2.14. The van der Waals surface area contributed by atoms with Gasteiger partial charge in [-0.2, -0.15) is 11.8 Å². The van der Waals surface area contributed by atoms with Gasteiger partial charge in [-0.1, -0.05) is 0 Å². The highest BCUT2D eigenvalue weighted by molar-refractivity contribution is 7.99. The van der Waals surface area contributed by atoms with Gasteiger partial charge in [0.05, 0.1) is 25.9 Å². The molecule has 1 rings (SSSR count). The SMILES string of the molecule is COCCOCC(O)CNCC1CCSC1. The molecule has 0 amide bonds. The second-order valence-electron chi connectivity index (χ2n) is 4.11. The van der Waals surface area contributed by atoms with Crippen LogP contribution in [-0.2, 0) is 9.47 Å². The van der Waals surface area contributed by atoms with E-state index >= 15 is 0 Å². The molecule has 1 saturated heterocycles. The number of hydrogen-bond donors (Lipinski definition) is 2. The predicted molar refractivity (Wildman–Crippen MR) is 67.0 cm³/mol. The van der Waals surface area contributed by atoms with Crippen LogP contribution < -0.4 is 5.32 Å². The Bertz CT molecular complexity index is 165. The van der Waals surface area contributed by atoms with Gasteiger partial charge in [-0.3, -0.25) is 0 Å². The Kier molecular flexibility index (Phi) is 8.23. The Balaban J connectivity index is 1.87. The normalized spacial score (nSPS) is 22.5. The molecule has 0 aromatic rings. The van der Waals surface area contributed by atoms with E-state index in [1.54, 1.807) is 7.11 Å². The number of aliphatic hydroxyl groups excluding tert-OH is 1. The summed E-state index contributed by atoms with van der Waals surface area (Å²) in [5, 5.41) is 12.9. The Labute approximate surface area is 102 Å². The van der Waals surface area contributed by atoms with Crippen LogP contribution in [-0.4, -0.2) is 62.7 Å². The van der Waals surface area contributed by atoms with Crippen LogP contribution in [0.2, 0.25) is 0 Å². The van der Waals surface area contributed by atoms with Crippen molar-refractivity contribution in [2.45, 2.75) is 12.5 Å². The first-order chi connectivity index (χ1) is 7.83. The standard InChI is InChI=1S/C11H23NO3S/c1-14-3-4-15-8-11(13)7-12-6-10-2-5-16-9-10/h10-13H,2-9H2,1H3. The molecule has 96 valence electrons. The summed E-state index contributed by atoms with van der Waals surface area (Å²) in [6.07, 6.45) is 0.892. The highest BCUT2D eigenvalue weighted by atomic mass is 32.2. The monoisotopic (exact) mass is 249 g/mol. The zero-order valence-electron chi connectivity index (χ0n) is 9.98. The molecule has 4 nitrogen and oxygen atoms in total. The molecule has 1 fully saturated rings. The minimum atomic E-state index is -0.411. The lowest BCUT2D eigenvalue weighted by molar-refractivity contribution is 0.0136. The molecule has 0 bridgehead atoms. The van der Waals surface area contributed by atoms with Gasteiger partial charge >= 0.3 is 0 Å². The summed E-state index contributed by atoms with van der Waals surface area (Å²) >= 11 is 2.02. The van der Waals surface area contributed by atoms with Crippen LogP contribution in [0.5, 0.6) is 0 Å². The Hall–Kier alpha value is 0.190. The topological polar surface area (TPSA) is 50.7 Å². The maximum absolute atomic E-state index is 9.59. The quantitative estimate of drug-likeness (QED) is 0.578. The summed E-state index contributed by atoms with van der Waals surface area (Å²) in [5.41, 5.74) is 0. The molecule has 0 aromatic carbocycles. The summed E-state index contributed by atoms with van der Waals surface area (Å²) < 4.78 is 10.1. The van der Waals surface area contributed by atoms with Crippen molar-refractivity contribution < 1.29 is 14.6 Å². The summed E-state index contributed by atoms with van der Waals surface area (Å²) in [5.74, 6) is 3.33. The van der Waals surface area contributed by atoms with E-state index in [9.17, 15) is 5.11 Å². The molecule has 2 atom stereocenters. The third kappa shape index (κ3) is 6.70. The van der Waals surface area contributed by atoms with E-state index in [4.69, 9.17) is 9.47 Å². The molecule has 5 heteroatoms. The van der Waals surface area contributed by atoms with Crippen molar-refractivity contribution in [2.24, 2.45) is 5.92 Å². The van der Waals surface area contributed by atoms with Crippen LogP contribution in [0, 0.1) is 5.92 Å². The molecule has 1 aliphatic heterocycles. The molecule has 1 aliphatic rings. The van der Waals surface area contributed by atoms with Crippen LogP contribution in [0.3, 0.4) is 0 Å². The van der Waals surface area contributed by atoms with Gasteiger partial charge in [0.1, 0.15) is 0 Å². The second-order valence-corrected chi connectivity index (χ2v) is 5.26. The minimum absolute atomic E-state index is 0.385. The average molecular weight is 249 g/mol. The number of methoxy groups -OCH3 is 1. The minimum Gasteiger partial charge on any atom is -0.389 e. The summed E-state index contributed by atoms with van der Waals surface area (Å²) in [4.78, 5) is 0. The molecule has 1 heterocycles. The van der Waals surface area contributed by atoms with Crippen molar-refractivity contribution in [2.75, 3.05) is 51.5 Å². The van der Waals surface area contributed by atoms with E-state index in [2.05, 4.69) is 5.32 Å². The maximum atomic E-state index is 9.59. The molecule has 0 saturated carbocycles. The van der Waals surface area contributed by atoms with E-state index in [-0.39, 0.29) is 0 Å². The molecular formula is C11H23NO3S. The first-order valence-corrected chi connectivity index (χ1v) is 7.01. The van der Waals surface area contributed by atoms with Gasteiger partial charge in [0.15, 0.2) is 0 Å². The number of rotatable bonds is 9. The van der Waals surface area contributed by atoms with E-state index in [0.717, 1.165) is 12.5 Å². The first-order valence-electron chi connectivity index (χ1n) is 5.86. The third-order valence-corrected chi connectivity index (χ3v) is 3.81. The van der Waals surface area contributed by atoms with E-state index in [1.165, 1.54) is 17.9 Å². The van der Waals surface area contributed by atoms with Crippen molar-refractivity contribution in [3.63, 3.8) is 0 Å². The van der Waals surface area contributed by atoms with Crippen molar-refractivity contribution in [3.8, 4) is 0 Å². The van der Waals surface area contributed by atoms with Crippen molar-refractivity contribution in [1.82, 2.24) is 5.32 Å². The summed E-state index contributed by atoms with van der Waals surface area (Å²) in [7, 11) is 1.64. The molecule has 2 N–H and O–H groups in total. The fourth-order valence-corrected chi connectivity index (χ4v) is 2.90. The van der Waals surface area contributed by atoms with Crippen molar-refractivity contribution in [1.29, 1.82) is 0 Å². The summed E-state index contributed by atoms with van der Waals surface area (Å²) in [6.45, 7) is 3.15. The molecule has 0 aromatic heterocycles. The molecule has 0 spiro atoms. The largest absolute Gasteiger partial charge is 0.389 e. The van der Waals surface area contributed by atoms with Gasteiger partial charge in [-0.15, -0.1) is 0 Å². The van der Waals surface area contributed by atoms with Gasteiger partial charge in [-0.25, -0.2) is 0 Å². The highest BCUT2D eigenvalue weighted by Gasteiger charge is 2.15. The molecular weight excluding hydrogens is 226 g/mol. The Morgan fingerprint density at radius 1 is 1.50 bits per heavy atom. The van der Waals surface area contributed by atoms with Crippen LogP contribution in [0.15, 0.2) is 0 Å². The predicted octanol–water partition coefficient (Wildman–Crippen LogP) is 0.353. The van der Waals surface area contributed by atoms with Gasteiger partial charge in [0.25, 0.3) is 0 Å². The van der Waals surface area contributed by atoms with Gasteiger partial charge in [-0.05, 0) is 30.4 Å².